The van der Waals surface area contributed by atoms with E-state index in [0.717, 1.165) is 127 Å². The number of rotatable bonds is 42. The summed E-state index contributed by atoms with van der Waals surface area (Å²) >= 11 is 0. The van der Waals surface area contributed by atoms with E-state index >= 15 is 0 Å². The van der Waals surface area contributed by atoms with Crippen molar-refractivity contribution in [1.29, 1.82) is 0 Å². The van der Waals surface area contributed by atoms with Gasteiger partial charge in [0.1, 0.15) is 73.3 Å². The van der Waals surface area contributed by atoms with E-state index in [-0.39, 0.29) is 14.4 Å². The number of methoxy groups -OCH3 is 7. The van der Waals surface area contributed by atoms with Gasteiger partial charge in [0.25, 0.3) is 0 Å². The molecule has 0 saturated heterocycles. The summed E-state index contributed by atoms with van der Waals surface area (Å²) in [6.45, 7) is 11.2. The first-order valence-electron chi connectivity index (χ1n) is 47.0. The number of ether oxygens (including phenoxy) is 12. The minimum atomic E-state index is -0.232. The maximum atomic E-state index is 13.9. The van der Waals surface area contributed by atoms with E-state index in [0.29, 0.717) is 96.9 Å². The summed E-state index contributed by atoms with van der Waals surface area (Å²) in [6.07, 6.45) is 0. The first kappa shape index (κ1) is 110. The molecule has 5 atom stereocenters. The highest BCUT2D eigenvalue weighted by Gasteiger charge is 2.23. The SMILES string of the molecule is COc1cc(OC)c(OCc2ccccc2)c(Pc2ccc(F)cc2CN(C)C)c1.COc1cc(OC)c(OCc2ccccc2)c(Pc2ccccc2CN(C)C)c1.COc1ccc(OCc2ccccc2)c(Pc2ccc(C)cc2CN(C)C)c1.COc1ccc(OCc2ccccc2)c(Pc2ccccc2CN(C)C)c1.COc1cccc(Pc2c(C)cccc2CN(C)C)c1OCc1ccccc1. The summed E-state index contributed by atoms with van der Waals surface area (Å²) in [5, 5.41) is 11.9. The van der Waals surface area contributed by atoms with Crippen LogP contribution in [-0.2, 0) is 65.8 Å². The van der Waals surface area contributed by atoms with E-state index in [9.17, 15) is 4.39 Å². The summed E-state index contributed by atoms with van der Waals surface area (Å²) in [7, 11) is 34.6. The Morgan fingerprint density at radius 2 is 0.528 bits per heavy atom. The Hall–Kier alpha value is -12.2. The third kappa shape index (κ3) is 35.4. The molecule has 742 valence electrons. The molecule has 15 rings (SSSR count). The number of para-hydroxylation sites is 1. The van der Waals surface area contributed by atoms with Gasteiger partial charge in [-0.1, -0.05) is 303 Å². The maximum Gasteiger partial charge on any atom is 0.169 e. The normalized spacial score (nSPS) is 11.3. The summed E-state index contributed by atoms with van der Waals surface area (Å²) in [6, 6.07) is 112. The van der Waals surface area contributed by atoms with Crippen LogP contribution in [0.15, 0.2) is 334 Å². The molecule has 0 N–H and O–H groups in total. The van der Waals surface area contributed by atoms with Crippen LogP contribution in [0, 0.1) is 19.7 Å². The average molecular weight is 2000 g/mol. The minimum Gasteiger partial charge on any atom is -0.497 e. The Balaban J connectivity index is 0.000000170. The van der Waals surface area contributed by atoms with Crippen LogP contribution >= 0.6 is 42.9 Å². The lowest BCUT2D eigenvalue weighted by Crippen LogP contribution is -2.20. The Bertz CT molecular complexity index is 6370. The van der Waals surface area contributed by atoms with E-state index in [1.165, 1.54) is 71.3 Å². The number of nitrogens with zero attached hydrogens (tertiary/aromatic N) is 5. The van der Waals surface area contributed by atoms with Crippen molar-refractivity contribution >= 4 is 95.9 Å². The summed E-state index contributed by atoms with van der Waals surface area (Å²) in [4.78, 5) is 10.8. The van der Waals surface area contributed by atoms with Crippen molar-refractivity contribution < 1.29 is 61.2 Å². The molecule has 0 saturated carbocycles. The number of halogens is 1. The van der Waals surface area contributed by atoms with Crippen molar-refractivity contribution in [2.45, 2.75) is 79.6 Å². The topological polar surface area (TPSA) is 127 Å². The second-order valence-electron chi connectivity index (χ2n) is 35.0. The zero-order chi connectivity index (χ0) is 101. The number of aryl methyl sites for hydroxylation is 2. The summed E-state index contributed by atoms with van der Waals surface area (Å²) in [5.41, 5.74) is 14.6. The fourth-order valence-electron chi connectivity index (χ4n) is 15.3. The van der Waals surface area contributed by atoms with Gasteiger partial charge in [-0.05, 0) is 239 Å². The van der Waals surface area contributed by atoms with Crippen molar-refractivity contribution in [1.82, 2.24) is 24.5 Å². The predicted molar refractivity (Wildman–Crippen MR) is 598 cm³/mol. The molecule has 17 nitrogen and oxygen atoms in total. The lowest BCUT2D eigenvalue weighted by Gasteiger charge is -2.19. The molecule has 0 heterocycles. The molecular formula is C119H137FN5O12P5. The van der Waals surface area contributed by atoms with E-state index in [1.807, 2.05) is 189 Å². The molecule has 142 heavy (non-hydrogen) atoms. The third-order valence-corrected chi connectivity index (χ3v) is 29.4. The molecule has 0 spiro atoms. The van der Waals surface area contributed by atoms with Gasteiger partial charge in [-0.2, -0.15) is 0 Å². The van der Waals surface area contributed by atoms with Crippen LogP contribution in [0.25, 0.3) is 0 Å². The van der Waals surface area contributed by atoms with E-state index in [1.54, 1.807) is 55.8 Å². The molecular weight excluding hydrogens is 1870 g/mol. The van der Waals surface area contributed by atoms with Gasteiger partial charge < -0.3 is 81.3 Å². The number of hydrogen-bond acceptors (Lipinski definition) is 17. The van der Waals surface area contributed by atoms with Gasteiger partial charge in [0.05, 0.1) is 49.8 Å². The van der Waals surface area contributed by atoms with Gasteiger partial charge in [-0.25, -0.2) is 4.39 Å². The largest absolute Gasteiger partial charge is 0.497 e. The molecule has 0 aliphatic carbocycles. The van der Waals surface area contributed by atoms with Crippen LogP contribution in [0.1, 0.15) is 66.8 Å². The van der Waals surface area contributed by atoms with Gasteiger partial charge >= 0.3 is 0 Å². The quantitative estimate of drug-likeness (QED) is 0.0336. The molecule has 5 unspecified atom stereocenters. The second-order valence-corrected chi connectivity index (χ2v) is 41.6. The van der Waals surface area contributed by atoms with Crippen molar-refractivity contribution in [3.8, 4) is 69.0 Å². The van der Waals surface area contributed by atoms with E-state index in [2.05, 4.69) is 241 Å². The van der Waals surface area contributed by atoms with Gasteiger partial charge in [0, 0.05) is 71.4 Å². The molecule has 0 bridgehead atoms. The molecule has 0 aliphatic heterocycles. The van der Waals surface area contributed by atoms with Gasteiger partial charge in [0.15, 0.2) is 34.5 Å². The molecule has 0 amide bonds. The molecule has 0 fully saturated rings. The van der Waals surface area contributed by atoms with Crippen LogP contribution in [0.3, 0.4) is 0 Å². The minimum absolute atomic E-state index is 0.232. The van der Waals surface area contributed by atoms with E-state index in [4.69, 9.17) is 56.8 Å². The first-order valence-corrected chi connectivity index (χ1v) is 52.0. The van der Waals surface area contributed by atoms with E-state index < -0.39 is 0 Å². The lowest BCUT2D eigenvalue weighted by atomic mass is 10.1. The fraction of sp³-hybridized carbons (Fsp3) is 0.244. The standard InChI is InChI=1S/C24H27FNO3P.C24H28NO3P.2C24H28NO2P.C23H26NO2P/c1-26(2)15-18-12-19(25)10-11-22(18)30-23-14-20(27-3)13-21(28-4)24(23)29-16-17-8-6-5-7-9-17;1-25(2)16-19-12-8-9-13-22(19)29-23-15-20(26-3)14-21(27-4)24(23)28-17-18-10-6-5-7-11-18;1-18-10-8-13-20(16-25(2)3)24(18)28-22-15-9-14-21(26-4)23(22)27-17-19-11-6-5-7-12-19;1-18-10-13-23(20(14-18)16-25(2)3)28-24-15-21(26-4)11-12-22(24)27-17-19-8-6-5-7-9-19;1-24(2)16-19-11-7-8-12-22(19)27-23-15-20(25-3)13-14-21(23)26-17-18-9-5-4-6-10-18/h5-14,30H,15-16H2,1-4H3;5-15,29H,16-17H2,1-4H3;2*5-15,28H,16-17H2,1-4H3;4-15,27H,16-17H2,1-3H3. The molecule has 15 aromatic rings. The van der Waals surface area contributed by atoms with Crippen LogP contribution in [0.2, 0.25) is 0 Å². The third-order valence-electron chi connectivity index (χ3n) is 22.2. The van der Waals surface area contributed by atoms with Crippen LogP contribution in [-0.4, -0.2) is 145 Å². The molecule has 0 radical (unpaired) electrons. The van der Waals surface area contributed by atoms with Crippen LogP contribution in [0.4, 0.5) is 4.39 Å². The Morgan fingerprint density at radius 1 is 0.218 bits per heavy atom. The highest BCUT2D eigenvalue weighted by molar-refractivity contribution is 7.57. The maximum absolute atomic E-state index is 13.9. The van der Waals surface area contributed by atoms with Crippen molar-refractivity contribution in [3.63, 3.8) is 0 Å². The number of benzene rings is 15. The van der Waals surface area contributed by atoms with Crippen LogP contribution in [0.5, 0.6) is 69.0 Å². The second kappa shape index (κ2) is 58.4. The molecule has 0 aromatic heterocycles. The van der Waals surface area contributed by atoms with Crippen molar-refractivity contribution in [3.05, 3.63) is 406 Å². The highest BCUT2D eigenvalue weighted by Crippen LogP contribution is 2.39. The zero-order valence-corrected chi connectivity index (χ0v) is 90.3. The highest BCUT2D eigenvalue weighted by atomic mass is 31.1. The Morgan fingerprint density at radius 3 is 0.915 bits per heavy atom. The Labute approximate surface area is 851 Å². The monoisotopic (exact) mass is 2000 g/mol. The smallest absolute Gasteiger partial charge is 0.169 e. The van der Waals surface area contributed by atoms with Crippen molar-refractivity contribution in [2.24, 2.45) is 0 Å². The van der Waals surface area contributed by atoms with Gasteiger partial charge in [-0.3, -0.25) is 0 Å². The lowest BCUT2D eigenvalue weighted by molar-refractivity contribution is 0.286. The summed E-state index contributed by atoms with van der Waals surface area (Å²) < 4.78 is 83.7. The molecule has 0 aliphatic rings. The molecule has 15 aromatic carbocycles. The predicted octanol–water partition coefficient (Wildman–Crippen LogP) is 20.6. The van der Waals surface area contributed by atoms with Crippen molar-refractivity contribution in [2.75, 3.05) is 120 Å². The molecule has 23 heteroatoms. The first-order chi connectivity index (χ1) is 68.9. The zero-order valence-electron chi connectivity index (χ0n) is 85.3. The average Bonchev–Trinajstić information content (AvgIpc) is 0.684. The number of hydrogen-bond donors (Lipinski definition) is 0. The fourth-order valence-corrected chi connectivity index (χ4v) is 21.8. The van der Waals surface area contributed by atoms with Gasteiger partial charge in [-0.15, -0.1) is 0 Å². The summed E-state index contributed by atoms with van der Waals surface area (Å²) in [5.74, 6) is 9.15. The van der Waals surface area contributed by atoms with Crippen LogP contribution < -0.4 is 110 Å². The Kier molecular flexibility index (Phi) is 45.3. The van der Waals surface area contributed by atoms with Gasteiger partial charge in [0.2, 0.25) is 0 Å².